The minimum absolute atomic E-state index is 0.0125. The minimum atomic E-state index is -4.64. The van der Waals surface area contributed by atoms with Crippen molar-refractivity contribution < 1.29 is 18.0 Å². The van der Waals surface area contributed by atoms with Crippen molar-refractivity contribution in [1.29, 1.82) is 0 Å². The number of aryl methyl sites for hydroxylation is 1. The first-order valence-electron chi connectivity index (χ1n) is 7.89. The number of nitrogens with zero attached hydrogens (tertiary/aromatic N) is 5. The lowest BCUT2D eigenvalue weighted by atomic mass is 10.1. The van der Waals surface area contributed by atoms with Crippen LogP contribution in [0, 0.1) is 0 Å². The molecule has 11 heteroatoms. The summed E-state index contributed by atoms with van der Waals surface area (Å²) in [4.78, 5) is 32.9. The summed E-state index contributed by atoms with van der Waals surface area (Å²) in [5.74, 6) is -0.627. The van der Waals surface area contributed by atoms with Gasteiger partial charge in [0, 0.05) is 29.3 Å². The number of carbonyl (C=O) groups is 1. The van der Waals surface area contributed by atoms with E-state index in [2.05, 4.69) is 31.0 Å². The zero-order chi connectivity index (χ0) is 19.5. The van der Waals surface area contributed by atoms with Crippen LogP contribution in [0.15, 0.2) is 27.9 Å². The number of aromatic nitrogens is 5. The third-order valence-corrected chi connectivity index (χ3v) is 4.90. The maximum Gasteiger partial charge on any atom is 0.434 e. The number of pyridine rings is 1. The normalized spacial score (nSPS) is 14.7. The van der Waals surface area contributed by atoms with E-state index in [0.717, 1.165) is 25.1 Å². The lowest BCUT2D eigenvalue weighted by molar-refractivity contribution is -0.141. The van der Waals surface area contributed by atoms with Gasteiger partial charge in [0.2, 0.25) is 5.78 Å². The largest absolute Gasteiger partial charge is 0.434 e. The highest BCUT2D eigenvalue weighted by Crippen LogP contribution is 2.34. The number of alkyl halides is 3. The summed E-state index contributed by atoms with van der Waals surface area (Å²) >= 11 is 2.80. The van der Waals surface area contributed by atoms with Gasteiger partial charge >= 0.3 is 6.18 Å². The molecule has 27 heavy (non-hydrogen) atoms. The first kappa shape index (κ1) is 17.8. The highest BCUT2D eigenvalue weighted by Gasteiger charge is 2.35. The van der Waals surface area contributed by atoms with Gasteiger partial charge in [-0.3, -0.25) is 18.8 Å². The predicted molar refractivity (Wildman–Crippen MR) is 91.4 cm³/mol. The average molecular weight is 442 g/mol. The Kier molecular flexibility index (Phi) is 3.95. The molecule has 4 rings (SSSR count). The van der Waals surface area contributed by atoms with Crippen LogP contribution in [0.3, 0.4) is 0 Å². The Balaban J connectivity index is 1.81. The van der Waals surface area contributed by atoms with Crippen LogP contribution in [0.5, 0.6) is 0 Å². The summed E-state index contributed by atoms with van der Waals surface area (Å²) < 4.78 is 40.9. The smallest absolute Gasteiger partial charge is 0.294 e. The van der Waals surface area contributed by atoms with Crippen molar-refractivity contribution >= 4 is 32.7 Å². The Hall–Kier alpha value is -2.56. The van der Waals surface area contributed by atoms with Crippen LogP contribution in [0.2, 0.25) is 0 Å². The third-order valence-electron chi connectivity index (χ3n) is 4.30. The standard InChI is InChI=1S/C16H11BrF3N5O2/c1-24-12(10-11(23-24)15(27)25(6-22-10)8-2-3-8)13(26)7-4-9(17)14(21-5-7)16(18,19)20/h4-6,8H,2-3H2,1H3. The third kappa shape index (κ3) is 2.95. The van der Waals surface area contributed by atoms with Crippen molar-refractivity contribution in [2.24, 2.45) is 7.05 Å². The van der Waals surface area contributed by atoms with Gasteiger partial charge in [0.05, 0.1) is 6.33 Å². The van der Waals surface area contributed by atoms with Gasteiger partial charge in [0.15, 0.2) is 11.2 Å². The molecule has 3 heterocycles. The van der Waals surface area contributed by atoms with Crippen LogP contribution >= 0.6 is 15.9 Å². The molecule has 0 saturated heterocycles. The molecule has 7 nitrogen and oxygen atoms in total. The van der Waals surface area contributed by atoms with Crippen LogP contribution in [0.1, 0.15) is 40.6 Å². The van der Waals surface area contributed by atoms with E-state index in [9.17, 15) is 22.8 Å². The molecule has 140 valence electrons. The SMILES string of the molecule is Cn1nc2c(=O)n(C3CC3)cnc2c1C(=O)c1cnc(C(F)(F)F)c(Br)c1. The molecule has 1 saturated carbocycles. The Labute approximate surface area is 158 Å². The molecular weight excluding hydrogens is 431 g/mol. The summed E-state index contributed by atoms with van der Waals surface area (Å²) in [6.45, 7) is 0. The van der Waals surface area contributed by atoms with Crippen LogP contribution in [-0.4, -0.2) is 30.1 Å². The molecule has 1 aliphatic rings. The van der Waals surface area contributed by atoms with Crippen molar-refractivity contribution in [2.75, 3.05) is 0 Å². The van der Waals surface area contributed by atoms with Crippen molar-refractivity contribution in [3.63, 3.8) is 0 Å². The van der Waals surface area contributed by atoms with E-state index in [1.54, 1.807) is 0 Å². The first-order valence-corrected chi connectivity index (χ1v) is 8.69. The van der Waals surface area contributed by atoms with Gasteiger partial charge in [0.1, 0.15) is 11.2 Å². The van der Waals surface area contributed by atoms with Crippen molar-refractivity contribution in [3.05, 3.63) is 50.4 Å². The van der Waals surface area contributed by atoms with Crippen molar-refractivity contribution in [2.45, 2.75) is 25.1 Å². The second-order valence-corrected chi connectivity index (χ2v) is 7.09. The molecule has 0 atom stereocenters. The molecule has 0 spiro atoms. The Morgan fingerprint density at radius 2 is 1.96 bits per heavy atom. The monoisotopic (exact) mass is 441 g/mol. The second kappa shape index (κ2) is 5.98. The topological polar surface area (TPSA) is 82.7 Å². The Bertz CT molecular complexity index is 1150. The van der Waals surface area contributed by atoms with Crippen molar-refractivity contribution in [1.82, 2.24) is 24.3 Å². The molecule has 1 fully saturated rings. The molecule has 0 bridgehead atoms. The summed E-state index contributed by atoms with van der Waals surface area (Å²) in [7, 11) is 1.47. The molecule has 3 aromatic heterocycles. The number of rotatable bonds is 3. The molecule has 1 aliphatic carbocycles. The van der Waals surface area contributed by atoms with Gasteiger partial charge in [0.25, 0.3) is 5.56 Å². The van der Waals surface area contributed by atoms with Gasteiger partial charge in [-0.25, -0.2) is 9.97 Å². The fourth-order valence-electron chi connectivity index (χ4n) is 2.85. The lowest BCUT2D eigenvalue weighted by Crippen LogP contribution is -2.19. The van der Waals surface area contributed by atoms with E-state index < -0.39 is 17.7 Å². The molecule has 3 aromatic rings. The number of carbonyl (C=O) groups excluding carboxylic acids is 1. The van der Waals surface area contributed by atoms with E-state index in [4.69, 9.17) is 0 Å². The maximum atomic E-state index is 12.8. The van der Waals surface area contributed by atoms with Crippen molar-refractivity contribution in [3.8, 4) is 0 Å². The molecule has 0 aromatic carbocycles. The van der Waals surface area contributed by atoms with Crippen LogP contribution in [-0.2, 0) is 13.2 Å². The molecular formula is C16H11BrF3N5O2. The van der Waals surface area contributed by atoms with Crippen LogP contribution in [0.25, 0.3) is 11.0 Å². The summed E-state index contributed by atoms with van der Waals surface area (Å²) in [5.41, 5.74) is -1.37. The Morgan fingerprint density at radius 3 is 2.56 bits per heavy atom. The summed E-state index contributed by atoms with van der Waals surface area (Å²) in [5, 5.41) is 4.10. The van der Waals surface area contributed by atoms with Gasteiger partial charge in [-0.2, -0.15) is 18.3 Å². The first-order chi connectivity index (χ1) is 12.7. The van der Waals surface area contributed by atoms with Gasteiger partial charge in [-0.05, 0) is 34.8 Å². The second-order valence-electron chi connectivity index (χ2n) is 6.24. The van der Waals surface area contributed by atoms with Crippen LogP contribution < -0.4 is 5.56 Å². The van der Waals surface area contributed by atoms with E-state index in [1.165, 1.54) is 22.6 Å². The van der Waals surface area contributed by atoms with E-state index in [1.807, 2.05) is 0 Å². The zero-order valence-electron chi connectivity index (χ0n) is 13.8. The Morgan fingerprint density at radius 1 is 1.26 bits per heavy atom. The number of halogens is 4. The minimum Gasteiger partial charge on any atom is -0.294 e. The fraction of sp³-hybridized carbons (Fsp3) is 0.312. The number of fused-ring (bicyclic) bond motifs is 1. The van der Waals surface area contributed by atoms with Gasteiger partial charge in [-0.1, -0.05) is 0 Å². The van der Waals surface area contributed by atoms with Crippen LogP contribution in [0.4, 0.5) is 13.2 Å². The van der Waals surface area contributed by atoms with Gasteiger partial charge in [-0.15, -0.1) is 0 Å². The molecule has 0 amide bonds. The van der Waals surface area contributed by atoms with Gasteiger partial charge < -0.3 is 0 Å². The summed E-state index contributed by atoms with van der Waals surface area (Å²) in [6, 6.07) is 1.15. The van der Waals surface area contributed by atoms with E-state index in [-0.39, 0.29) is 38.4 Å². The zero-order valence-corrected chi connectivity index (χ0v) is 15.4. The highest BCUT2D eigenvalue weighted by atomic mass is 79.9. The predicted octanol–water partition coefficient (Wildman–Crippen LogP) is 2.87. The number of hydrogen-bond acceptors (Lipinski definition) is 5. The maximum absolute atomic E-state index is 12.8. The quantitative estimate of drug-likeness (QED) is 0.583. The lowest BCUT2D eigenvalue weighted by Gasteiger charge is -2.09. The molecule has 0 radical (unpaired) electrons. The van der Waals surface area contributed by atoms with E-state index >= 15 is 0 Å². The number of ketones is 1. The average Bonchev–Trinajstić information content (AvgIpc) is 3.36. The van der Waals surface area contributed by atoms with E-state index in [0.29, 0.717) is 0 Å². The summed E-state index contributed by atoms with van der Waals surface area (Å²) in [6.07, 6.45) is -0.648. The number of hydrogen-bond donors (Lipinski definition) is 0. The highest BCUT2D eigenvalue weighted by molar-refractivity contribution is 9.10. The fourth-order valence-corrected chi connectivity index (χ4v) is 3.42. The molecule has 0 unspecified atom stereocenters. The molecule has 0 N–H and O–H groups in total. The molecule has 0 aliphatic heterocycles.